The zero-order chi connectivity index (χ0) is 28.1. The average Bonchev–Trinajstić information content (AvgIpc) is 3.57. The van der Waals surface area contributed by atoms with Gasteiger partial charge in [-0.25, -0.2) is 4.98 Å². The third kappa shape index (κ3) is 5.57. The van der Waals surface area contributed by atoms with Crippen molar-refractivity contribution in [1.29, 1.82) is 0 Å². The van der Waals surface area contributed by atoms with Crippen LogP contribution in [0.2, 0.25) is 0 Å². The van der Waals surface area contributed by atoms with Gasteiger partial charge in [0.05, 0.1) is 11.9 Å². The smallest absolute Gasteiger partial charge is 0.199 e. The first-order chi connectivity index (χ1) is 20.8. The number of aromatic amines is 1. The van der Waals surface area contributed by atoms with E-state index >= 15 is 0 Å². The van der Waals surface area contributed by atoms with Crippen LogP contribution in [0.4, 0.5) is 0 Å². The molecule has 5 heterocycles. The van der Waals surface area contributed by atoms with Gasteiger partial charge >= 0.3 is 0 Å². The van der Waals surface area contributed by atoms with Crippen molar-refractivity contribution in [3.63, 3.8) is 0 Å². The van der Waals surface area contributed by atoms with E-state index in [1.165, 1.54) is 5.56 Å². The molecule has 1 aliphatic heterocycles. The molecule has 7 rings (SSSR count). The summed E-state index contributed by atoms with van der Waals surface area (Å²) in [5.74, 6) is 2.01. The summed E-state index contributed by atoms with van der Waals surface area (Å²) in [5.41, 5.74) is 8.08. The number of rotatable bonds is 7. The first-order valence-corrected chi connectivity index (χ1v) is 14.3. The van der Waals surface area contributed by atoms with Gasteiger partial charge in [0, 0.05) is 36.0 Å². The predicted octanol–water partition coefficient (Wildman–Crippen LogP) is 6.43. The summed E-state index contributed by atoms with van der Waals surface area (Å²) < 4.78 is 0. The minimum atomic E-state index is 0.387. The molecule has 0 unspecified atom stereocenters. The fourth-order valence-electron chi connectivity index (χ4n) is 5.60. The summed E-state index contributed by atoms with van der Waals surface area (Å²) in [6.07, 6.45) is 7.45. The number of benzene rings is 2. The number of pyridine rings is 2. The third-order valence-electron chi connectivity index (χ3n) is 7.87. The quantitative estimate of drug-likeness (QED) is 0.245. The summed E-state index contributed by atoms with van der Waals surface area (Å²) in [5, 5.41) is 16.3. The fourth-order valence-corrected chi connectivity index (χ4v) is 5.60. The van der Waals surface area contributed by atoms with Crippen LogP contribution in [0.1, 0.15) is 30.1 Å². The molecule has 0 radical (unpaired) electrons. The maximum Gasteiger partial charge on any atom is 0.199 e. The van der Waals surface area contributed by atoms with Crippen LogP contribution in [0.5, 0.6) is 0 Å². The Labute approximate surface area is 244 Å². The summed E-state index contributed by atoms with van der Waals surface area (Å²) in [4.78, 5) is 16.3. The van der Waals surface area contributed by atoms with Crippen molar-refractivity contribution in [3.05, 3.63) is 121 Å². The zero-order valence-electron chi connectivity index (χ0n) is 23.1. The highest BCUT2D eigenvalue weighted by Crippen LogP contribution is 2.32. The van der Waals surface area contributed by atoms with E-state index in [1.807, 2.05) is 42.6 Å². The Morgan fingerprint density at radius 1 is 0.714 bits per heavy atom. The molecular weight excluding hydrogens is 520 g/mol. The largest absolute Gasteiger partial charge is 0.299 e. The molecule has 6 aromatic rings. The van der Waals surface area contributed by atoms with E-state index in [4.69, 9.17) is 4.98 Å². The molecule has 4 aromatic heterocycles. The summed E-state index contributed by atoms with van der Waals surface area (Å²) in [6, 6.07) is 31.0. The van der Waals surface area contributed by atoms with Crippen LogP contribution >= 0.6 is 0 Å². The first-order valence-electron chi connectivity index (χ1n) is 14.3. The van der Waals surface area contributed by atoms with Crippen molar-refractivity contribution >= 4 is 0 Å². The van der Waals surface area contributed by atoms with Gasteiger partial charge in [-0.1, -0.05) is 60.7 Å². The second kappa shape index (κ2) is 11.8. The van der Waals surface area contributed by atoms with Crippen LogP contribution in [0.3, 0.4) is 0 Å². The Kier molecular flexibility index (Phi) is 7.27. The molecule has 42 heavy (non-hydrogen) atoms. The molecule has 2 aromatic carbocycles. The van der Waals surface area contributed by atoms with Crippen LogP contribution in [0.15, 0.2) is 110 Å². The first kappa shape index (κ1) is 25.9. The van der Waals surface area contributed by atoms with Crippen LogP contribution in [0, 0.1) is 0 Å². The second-order valence-corrected chi connectivity index (χ2v) is 10.6. The van der Waals surface area contributed by atoms with Crippen molar-refractivity contribution in [2.45, 2.75) is 25.3 Å². The normalized spacial score (nSPS) is 14.2. The summed E-state index contributed by atoms with van der Waals surface area (Å²) in [6.45, 7) is 2.95. The van der Waals surface area contributed by atoms with E-state index in [1.54, 1.807) is 12.4 Å². The lowest BCUT2D eigenvalue weighted by Gasteiger charge is -2.30. The Hall–Kier alpha value is -5.08. The number of aromatic nitrogens is 7. The van der Waals surface area contributed by atoms with Gasteiger partial charge in [-0.15, -0.1) is 5.10 Å². The number of nitrogens with one attached hydrogen (secondary N) is 1. The Balaban J connectivity index is 1.01. The van der Waals surface area contributed by atoms with Gasteiger partial charge < -0.3 is 0 Å². The minimum absolute atomic E-state index is 0.387. The summed E-state index contributed by atoms with van der Waals surface area (Å²) in [7, 11) is 0. The number of hydrogen-bond acceptors (Lipinski definition) is 7. The maximum atomic E-state index is 4.74. The molecule has 8 heteroatoms. The third-order valence-corrected chi connectivity index (χ3v) is 7.87. The average molecular weight is 551 g/mol. The van der Waals surface area contributed by atoms with Crippen molar-refractivity contribution < 1.29 is 0 Å². The molecule has 0 atom stereocenters. The van der Waals surface area contributed by atoms with Crippen LogP contribution in [-0.4, -0.2) is 53.3 Å². The Morgan fingerprint density at radius 2 is 1.52 bits per heavy atom. The van der Waals surface area contributed by atoms with E-state index in [0.717, 1.165) is 77.6 Å². The van der Waals surface area contributed by atoms with Gasteiger partial charge in [-0.05, 0) is 73.0 Å². The van der Waals surface area contributed by atoms with Crippen LogP contribution < -0.4 is 0 Å². The van der Waals surface area contributed by atoms with E-state index < -0.39 is 0 Å². The standard InChI is InChI=1S/C34H30N8/c1-2-6-25(7-3-1)28-13-18-36-31(22-28)29-14-19-37-39-32(29)26-11-9-24(10-12-26)23-42-20-15-27(16-21-42)33-38-34(41-40-33)30-8-4-5-17-35-30/h1-14,17-19,22,27H,15-16,20-21,23H2,(H,38,40,41). The fraction of sp³-hybridized carbons (Fsp3) is 0.176. The number of likely N-dealkylation sites (tertiary alicyclic amines) is 1. The molecule has 8 nitrogen and oxygen atoms in total. The second-order valence-electron chi connectivity index (χ2n) is 10.6. The maximum absolute atomic E-state index is 4.74. The number of nitrogens with zero attached hydrogens (tertiary/aromatic N) is 7. The van der Waals surface area contributed by atoms with Crippen LogP contribution in [0.25, 0.3) is 45.2 Å². The van der Waals surface area contributed by atoms with Crippen LogP contribution in [-0.2, 0) is 6.54 Å². The lowest BCUT2D eigenvalue weighted by atomic mass is 9.95. The molecule has 0 spiro atoms. The number of piperidine rings is 1. The zero-order valence-corrected chi connectivity index (χ0v) is 23.1. The molecule has 1 aliphatic rings. The molecule has 1 saturated heterocycles. The molecule has 1 N–H and O–H groups in total. The molecule has 206 valence electrons. The highest BCUT2D eigenvalue weighted by Gasteiger charge is 2.24. The highest BCUT2D eigenvalue weighted by atomic mass is 15.2. The van der Waals surface area contributed by atoms with Gasteiger partial charge in [0.15, 0.2) is 5.82 Å². The summed E-state index contributed by atoms with van der Waals surface area (Å²) >= 11 is 0. The van der Waals surface area contributed by atoms with E-state index in [-0.39, 0.29) is 0 Å². The molecule has 0 amide bonds. The topological polar surface area (TPSA) is 96.4 Å². The van der Waals surface area contributed by atoms with Crippen molar-refractivity contribution in [2.75, 3.05) is 13.1 Å². The molecule has 0 saturated carbocycles. The van der Waals surface area contributed by atoms with Crippen molar-refractivity contribution in [2.24, 2.45) is 0 Å². The Bertz CT molecular complexity index is 1760. The van der Waals surface area contributed by atoms with Crippen molar-refractivity contribution in [3.8, 4) is 45.2 Å². The molecular formula is C34H30N8. The van der Waals surface area contributed by atoms with Gasteiger partial charge in [-0.3, -0.25) is 20.0 Å². The van der Waals surface area contributed by atoms with E-state index in [9.17, 15) is 0 Å². The lowest BCUT2D eigenvalue weighted by Crippen LogP contribution is -2.32. The monoisotopic (exact) mass is 550 g/mol. The SMILES string of the molecule is c1ccc(-c2ccnc(-c3ccnnc3-c3ccc(CN4CCC(c5nc(-c6ccccn6)n[nH]5)CC4)cc3)c2)cc1. The molecule has 0 aliphatic carbocycles. The van der Waals surface area contributed by atoms with Gasteiger partial charge in [0.2, 0.25) is 0 Å². The number of H-pyrrole nitrogens is 1. The lowest BCUT2D eigenvalue weighted by molar-refractivity contribution is 0.202. The van der Waals surface area contributed by atoms with Crippen molar-refractivity contribution in [1.82, 2.24) is 40.2 Å². The van der Waals surface area contributed by atoms with Gasteiger partial charge in [0.25, 0.3) is 0 Å². The Morgan fingerprint density at radius 3 is 2.33 bits per heavy atom. The van der Waals surface area contributed by atoms with E-state index in [0.29, 0.717) is 11.7 Å². The molecule has 1 fully saturated rings. The van der Waals surface area contributed by atoms with Gasteiger partial charge in [0.1, 0.15) is 17.2 Å². The van der Waals surface area contributed by atoms with Gasteiger partial charge in [-0.2, -0.15) is 10.2 Å². The number of hydrogen-bond donors (Lipinski definition) is 1. The molecule has 0 bridgehead atoms. The highest BCUT2D eigenvalue weighted by molar-refractivity contribution is 5.80. The predicted molar refractivity (Wildman–Crippen MR) is 163 cm³/mol. The van der Waals surface area contributed by atoms with E-state index in [2.05, 4.69) is 89.9 Å². The minimum Gasteiger partial charge on any atom is -0.299 e.